The molecule has 1 unspecified atom stereocenters. The van der Waals surface area contributed by atoms with Crippen LogP contribution in [0.25, 0.3) is 0 Å². The number of hydrogen-bond acceptors (Lipinski definition) is 3. The molecule has 1 amide bonds. The Morgan fingerprint density at radius 3 is 2.83 bits per heavy atom. The summed E-state index contributed by atoms with van der Waals surface area (Å²) in [6.07, 6.45) is 0.850. The molecule has 1 N–H and O–H groups in total. The minimum absolute atomic E-state index is 0.0141. The molecule has 5 nitrogen and oxygen atoms in total. The lowest BCUT2D eigenvalue weighted by molar-refractivity contribution is -0.385. The van der Waals surface area contributed by atoms with E-state index in [1.807, 2.05) is 6.92 Å². The summed E-state index contributed by atoms with van der Waals surface area (Å²) in [7, 11) is 0. The van der Waals surface area contributed by atoms with Gasteiger partial charge in [0.1, 0.15) is 5.56 Å². The lowest BCUT2D eigenvalue weighted by Gasteiger charge is -2.09. The van der Waals surface area contributed by atoms with Gasteiger partial charge in [0.25, 0.3) is 11.6 Å². The van der Waals surface area contributed by atoms with Gasteiger partial charge in [0.15, 0.2) is 0 Å². The predicted octanol–water partition coefficient (Wildman–Crippen LogP) is 3.15. The van der Waals surface area contributed by atoms with Gasteiger partial charge in [-0.05, 0) is 18.6 Å². The summed E-state index contributed by atoms with van der Waals surface area (Å²) in [4.78, 5) is 22.2. The molecule has 1 aromatic carbocycles. The van der Waals surface area contributed by atoms with Crippen molar-refractivity contribution < 1.29 is 9.72 Å². The number of nitrogens with one attached hydrogen (secondary N) is 1. The normalized spacial score (nSPS) is 11.9. The molecule has 1 atom stereocenters. The molecule has 0 saturated carbocycles. The van der Waals surface area contributed by atoms with Crippen molar-refractivity contribution in [1.82, 2.24) is 5.32 Å². The van der Waals surface area contributed by atoms with Crippen molar-refractivity contribution in [2.24, 2.45) is 0 Å². The Bertz CT molecular complexity index is 468. The molecule has 0 aliphatic heterocycles. The quantitative estimate of drug-likeness (QED) is 0.510. The Morgan fingerprint density at radius 1 is 1.61 bits per heavy atom. The number of hydrogen-bond donors (Lipinski definition) is 1. The molecule has 0 spiro atoms. The van der Waals surface area contributed by atoms with E-state index in [9.17, 15) is 14.9 Å². The molecule has 1 rings (SSSR count). The van der Waals surface area contributed by atoms with Crippen LogP contribution in [0.5, 0.6) is 0 Å². The van der Waals surface area contributed by atoms with Crippen LogP contribution in [0.4, 0.5) is 5.69 Å². The number of alkyl halides is 1. The maximum Gasteiger partial charge on any atom is 0.283 e. The van der Waals surface area contributed by atoms with Crippen LogP contribution in [0.15, 0.2) is 18.2 Å². The number of amides is 1. The first-order valence-corrected chi connectivity index (χ1v) is 6.61. The fourth-order valence-electron chi connectivity index (χ4n) is 1.29. The van der Waals surface area contributed by atoms with Gasteiger partial charge in [0, 0.05) is 22.5 Å². The van der Waals surface area contributed by atoms with Gasteiger partial charge in [0.05, 0.1) is 4.92 Å². The first kappa shape index (κ1) is 14.9. The zero-order valence-electron chi connectivity index (χ0n) is 9.65. The van der Waals surface area contributed by atoms with Crippen LogP contribution in [0, 0.1) is 10.1 Å². The van der Waals surface area contributed by atoms with Gasteiger partial charge in [0.2, 0.25) is 0 Å². The van der Waals surface area contributed by atoms with E-state index in [4.69, 9.17) is 11.6 Å². The van der Waals surface area contributed by atoms with E-state index in [2.05, 4.69) is 21.2 Å². The molecule has 98 valence electrons. The average Bonchev–Trinajstić information content (AvgIpc) is 2.35. The average molecular weight is 336 g/mol. The summed E-state index contributed by atoms with van der Waals surface area (Å²) >= 11 is 9.04. The van der Waals surface area contributed by atoms with E-state index in [0.717, 1.165) is 6.42 Å². The van der Waals surface area contributed by atoms with Crippen LogP contribution in [0.3, 0.4) is 0 Å². The Balaban J connectivity index is 2.88. The van der Waals surface area contributed by atoms with E-state index in [1.54, 1.807) is 0 Å². The minimum Gasteiger partial charge on any atom is -0.351 e. The standard InChI is InChI=1S/C11H12BrClN2O3/c1-2-7(12)6-14-11(16)9-4-3-8(13)5-10(9)15(17)18/h3-5,7H,2,6H2,1H3,(H,14,16). The number of nitro benzene ring substituents is 1. The van der Waals surface area contributed by atoms with Crippen molar-refractivity contribution in [3.8, 4) is 0 Å². The van der Waals surface area contributed by atoms with Crippen molar-refractivity contribution in [3.05, 3.63) is 38.9 Å². The zero-order valence-corrected chi connectivity index (χ0v) is 12.0. The monoisotopic (exact) mass is 334 g/mol. The van der Waals surface area contributed by atoms with Gasteiger partial charge in [-0.1, -0.05) is 34.5 Å². The molecule has 0 bridgehead atoms. The molecule has 1 aromatic rings. The highest BCUT2D eigenvalue weighted by Crippen LogP contribution is 2.23. The number of halogens is 2. The first-order valence-electron chi connectivity index (χ1n) is 5.32. The molecule has 7 heteroatoms. The molecule has 0 saturated heterocycles. The summed E-state index contributed by atoms with van der Waals surface area (Å²) in [6, 6.07) is 3.97. The number of benzene rings is 1. The molecule has 0 radical (unpaired) electrons. The van der Waals surface area contributed by atoms with E-state index in [0.29, 0.717) is 6.54 Å². The molecular weight excluding hydrogens is 323 g/mol. The molecule has 0 aliphatic carbocycles. The van der Waals surface area contributed by atoms with Crippen molar-refractivity contribution in [1.29, 1.82) is 0 Å². The van der Waals surface area contributed by atoms with Gasteiger partial charge in [-0.2, -0.15) is 0 Å². The number of carbonyl (C=O) groups excluding carboxylic acids is 1. The maximum atomic E-state index is 11.8. The van der Waals surface area contributed by atoms with Crippen LogP contribution in [-0.2, 0) is 0 Å². The second-order valence-corrected chi connectivity index (χ2v) is 5.37. The van der Waals surface area contributed by atoms with E-state index in [-0.39, 0.29) is 21.1 Å². The number of rotatable bonds is 5. The van der Waals surface area contributed by atoms with Gasteiger partial charge in [-0.15, -0.1) is 0 Å². The third kappa shape index (κ3) is 3.96. The van der Waals surface area contributed by atoms with Gasteiger partial charge < -0.3 is 5.32 Å². The van der Waals surface area contributed by atoms with Crippen LogP contribution in [-0.4, -0.2) is 22.2 Å². The lowest BCUT2D eigenvalue weighted by Crippen LogP contribution is -2.29. The summed E-state index contributed by atoms with van der Waals surface area (Å²) in [5, 5.41) is 13.7. The van der Waals surface area contributed by atoms with Crippen LogP contribution in [0.1, 0.15) is 23.7 Å². The zero-order chi connectivity index (χ0) is 13.7. The minimum atomic E-state index is -0.619. The Morgan fingerprint density at radius 2 is 2.28 bits per heavy atom. The Labute approximate surface area is 118 Å². The second kappa shape index (κ2) is 6.70. The summed E-state index contributed by atoms with van der Waals surface area (Å²) in [5.41, 5.74) is -0.275. The smallest absolute Gasteiger partial charge is 0.283 e. The summed E-state index contributed by atoms with van der Waals surface area (Å²) in [5.74, 6) is -0.476. The third-order valence-corrected chi connectivity index (χ3v) is 3.53. The Hall–Kier alpha value is -1.14. The molecular formula is C11H12BrClN2O3. The maximum absolute atomic E-state index is 11.8. The summed E-state index contributed by atoms with van der Waals surface area (Å²) in [6.45, 7) is 2.38. The SMILES string of the molecule is CCC(Br)CNC(=O)c1ccc(Cl)cc1[N+](=O)[O-]. The van der Waals surface area contributed by atoms with Crippen LogP contribution < -0.4 is 5.32 Å². The van der Waals surface area contributed by atoms with Crippen LogP contribution in [0.2, 0.25) is 5.02 Å². The fraction of sp³-hybridized carbons (Fsp3) is 0.364. The number of nitrogens with zero attached hydrogens (tertiary/aromatic N) is 1. The lowest BCUT2D eigenvalue weighted by atomic mass is 10.1. The van der Waals surface area contributed by atoms with Gasteiger partial charge >= 0.3 is 0 Å². The highest BCUT2D eigenvalue weighted by atomic mass is 79.9. The largest absolute Gasteiger partial charge is 0.351 e. The molecule has 0 fully saturated rings. The van der Waals surface area contributed by atoms with E-state index < -0.39 is 10.8 Å². The second-order valence-electron chi connectivity index (χ2n) is 3.63. The molecule has 18 heavy (non-hydrogen) atoms. The van der Waals surface area contributed by atoms with Crippen molar-refractivity contribution in [3.63, 3.8) is 0 Å². The molecule has 0 heterocycles. The molecule has 0 aliphatic rings. The fourth-order valence-corrected chi connectivity index (χ4v) is 1.62. The Kier molecular flexibility index (Phi) is 5.55. The molecule has 0 aromatic heterocycles. The van der Waals surface area contributed by atoms with Crippen molar-refractivity contribution in [2.75, 3.05) is 6.54 Å². The van der Waals surface area contributed by atoms with Gasteiger partial charge in [-0.25, -0.2) is 0 Å². The van der Waals surface area contributed by atoms with Crippen molar-refractivity contribution >= 4 is 39.1 Å². The predicted molar refractivity (Wildman–Crippen MR) is 73.4 cm³/mol. The first-order chi connectivity index (χ1) is 8.45. The summed E-state index contributed by atoms with van der Waals surface area (Å²) < 4.78 is 0. The highest BCUT2D eigenvalue weighted by molar-refractivity contribution is 9.09. The van der Waals surface area contributed by atoms with E-state index in [1.165, 1.54) is 18.2 Å². The number of carbonyl (C=O) groups is 1. The number of nitro groups is 1. The van der Waals surface area contributed by atoms with Gasteiger partial charge in [-0.3, -0.25) is 14.9 Å². The van der Waals surface area contributed by atoms with Crippen LogP contribution >= 0.6 is 27.5 Å². The van der Waals surface area contributed by atoms with E-state index >= 15 is 0 Å². The topological polar surface area (TPSA) is 72.2 Å². The van der Waals surface area contributed by atoms with Crippen molar-refractivity contribution in [2.45, 2.75) is 18.2 Å². The third-order valence-electron chi connectivity index (χ3n) is 2.33. The highest BCUT2D eigenvalue weighted by Gasteiger charge is 2.20.